The van der Waals surface area contributed by atoms with Crippen molar-refractivity contribution in [2.75, 3.05) is 19.8 Å². The van der Waals surface area contributed by atoms with Gasteiger partial charge in [-0.15, -0.1) is 0 Å². The third-order valence-electron chi connectivity index (χ3n) is 6.99. The maximum absolute atomic E-state index is 14.4. The zero-order valence-corrected chi connectivity index (χ0v) is 30.7. The molecule has 18 heteroatoms. The van der Waals surface area contributed by atoms with E-state index < -0.39 is 45.5 Å². The number of carbonyl (C=O) groups excluding carboxylic acids is 1. The van der Waals surface area contributed by atoms with Crippen LogP contribution in [0.5, 0.6) is 11.5 Å². The molecule has 2 heterocycles. The first-order chi connectivity index (χ1) is 22.6. The normalized spacial score (nSPS) is 12.4. The van der Waals surface area contributed by atoms with Crippen LogP contribution in [0.4, 0.5) is 13.2 Å². The summed E-state index contributed by atoms with van der Waals surface area (Å²) in [5.41, 5.74) is 1.10. The van der Waals surface area contributed by atoms with Crippen LogP contribution in [-0.4, -0.2) is 69.5 Å². The number of alkyl halides is 3. The Hall–Kier alpha value is -3.51. The summed E-state index contributed by atoms with van der Waals surface area (Å²) in [6.07, 6.45) is -3.21. The van der Waals surface area contributed by atoms with E-state index in [1.54, 1.807) is 32.0 Å². The van der Waals surface area contributed by atoms with Crippen LogP contribution in [0.25, 0.3) is 11.0 Å². The summed E-state index contributed by atoms with van der Waals surface area (Å²) in [6.45, 7) is 3.23. The number of imidazole rings is 1. The summed E-state index contributed by atoms with van der Waals surface area (Å²) in [6, 6.07) is 11.8. The van der Waals surface area contributed by atoms with E-state index in [1.165, 1.54) is 43.5 Å². The van der Waals surface area contributed by atoms with E-state index in [0.717, 1.165) is 3.97 Å². The number of aliphatic carboxylic acids is 1. The Morgan fingerprint density at radius 3 is 2.51 bits per heavy atom. The molecule has 2 N–H and O–H groups in total. The van der Waals surface area contributed by atoms with Crippen molar-refractivity contribution in [1.82, 2.24) is 19.3 Å². The molecule has 4 aromatic rings. The summed E-state index contributed by atoms with van der Waals surface area (Å²) in [5.74, 6) is -2.06. The Labute approximate surface area is 306 Å². The van der Waals surface area contributed by atoms with Gasteiger partial charge in [0.2, 0.25) is 5.16 Å². The second kappa shape index (κ2) is 16.9. The second-order valence-corrected chi connectivity index (χ2v) is 14.0. The quantitative estimate of drug-likeness (QED) is 0.136. The van der Waals surface area contributed by atoms with Crippen LogP contribution in [0, 0.1) is 6.92 Å². The van der Waals surface area contributed by atoms with Gasteiger partial charge < -0.3 is 21.3 Å². The number of hydrogen-bond acceptors (Lipinski definition) is 9. The van der Waals surface area contributed by atoms with E-state index in [2.05, 4.69) is 15.3 Å². The number of nitrogens with one attached hydrogen (secondary N) is 1. The Morgan fingerprint density at radius 1 is 1.12 bits per heavy atom. The Kier molecular flexibility index (Phi) is 13.8. The number of aromatic nitrogens is 3. The molecule has 1 unspecified atom stereocenters. The minimum atomic E-state index is -4.57. The first-order valence-electron chi connectivity index (χ1n) is 14.6. The smallest absolute Gasteiger partial charge is 1.00 e. The Balaban J connectivity index is 0.00000433. The van der Waals surface area contributed by atoms with E-state index in [0.29, 0.717) is 5.56 Å². The molecular weight excluding hydrogens is 700 g/mol. The average Bonchev–Trinajstić information content (AvgIpc) is 3.43. The molecular formula is C31H34F3N4NaO8S2. The van der Waals surface area contributed by atoms with Gasteiger partial charge in [0.25, 0.3) is 15.9 Å². The van der Waals surface area contributed by atoms with Gasteiger partial charge in [0.1, 0.15) is 11.5 Å². The minimum absolute atomic E-state index is 0. The van der Waals surface area contributed by atoms with E-state index in [4.69, 9.17) is 14.6 Å². The maximum Gasteiger partial charge on any atom is 1.00 e. The zero-order chi connectivity index (χ0) is 35.2. The van der Waals surface area contributed by atoms with Gasteiger partial charge in [-0.25, -0.2) is 17.4 Å². The molecule has 2 aromatic carbocycles. The van der Waals surface area contributed by atoms with Crippen molar-refractivity contribution in [3.63, 3.8) is 0 Å². The minimum Gasteiger partial charge on any atom is -1.00 e. The number of rotatable bonds is 15. The van der Waals surface area contributed by atoms with Gasteiger partial charge in [0, 0.05) is 24.7 Å². The number of para-hydroxylation sites is 2. The molecule has 2 aromatic heterocycles. The van der Waals surface area contributed by atoms with Gasteiger partial charge >= 0.3 is 41.7 Å². The predicted molar refractivity (Wildman–Crippen MR) is 170 cm³/mol. The van der Waals surface area contributed by atoms with Crippen LogP contribution in [0.1, 0.15) is 50.9 Å². The zero-order valence-electron chi connectivity index (χ0n) is 28.1. The number of pyridine rings is 1. The molecule has 0 saturated carbocycles. The summed E-state index contributed by atoms with van der Waals surface area (Å²) in [4.78, 5) is 31.2. The number of benzene rings is 2. The van der Waals surface area contributed by atoms with Gasteiger partial charge in [-0.3, -0.25) is 18.8 Å². The third kappa shape index (κ3) is 10.3. The molecule has 1 atom stereocenters. The SMILES string of the molecule is Cc1c(OCC(F)(F)F)ccnc1CS(=O)c1nc2ccccc2n1S(=O)(=O)c1ccc(OCC(=O)NCCCC(=O)O)cc1C(C)C.[H-].[Na+]. The number of carboxylic acid groups (broad SMARTS) is 1. The van der Waals surface area contributed by atoms with Crippen LogP contribution >= 0.6 is 0 Å². The average molecular weight is 735 g/mol. The standard InChI is InChI=1S/C31H33F3N4O8S2.Na.H/c1-19(2)22-15-21(45-16-28(39)36-13-6-9-29(40)41)10-11-27(22)48(43,44)38-25-8-5-4-7-23(25)37-30(38)47(42)17-24-20(3)26(12-14-35-24)46-18-31(32,33)34;;/h4-5,7-8,10-12,14-15,19H,6,9,13,16-18H2,1-3H3,(H,36,39)(H,40,41);;/q;+1;-1. The van der Waals surface area contributed by atoms with Gasteiger partial charge in [0.15, 0.2) is 13.2 Å². The van der Waals surface area contributed by atoms with E-state index >= 15 is 0 Å². The Bertz CT molecular complexity index is 1960. The van der Waals surface area contributed by atoms with Crippen molar-refractivity contribution in [3.8, 4) is 11.5 Å². The van der Waals surface area contributed by atoms with Gasteiger partial charge in [0.05, 0.1) is 38.2 Å². The molecule has 12 nitrogen and oxygen atoms in total. The van der Waals surface area contributed by atoms with Crippen molar-refractivity contribution in [2.45, 2.75) is 61.5 Å². The van der Waals surface area contributed by atoms with E-state index in [1.807, 2.05) is 0 Å². The van der Waals surface area contributed by atoms with Crippen LogP contribution in [0.15, 0.2) is 64.8 Å². The molecule has 260 valence electrons. The fourth-order valence-corrected chi connectivity index (χ4v) is 8.02. The molecule has 49 heavy (non-hydrogen) atoms. The largest absolute Gasteiger partial charge is 1.00 e. The van der Waals surface area contributed by atoms with E-state index in [9.17, 15) is 35.4 Å². The Morgan fingerprint density at radius 2 is 1.84 bits per heavy atom. The molecule has 1 amide bonds. The fourth-order valence-electron chi connectivity index (χ4n) is 4.63. The summed E-state index contributed by atoms with van der Waals surface area (Å²) in [7, 11) is -6.62. The number of hydrogen-bond donors (Lipinski definition) is 2. The topological polar surface area (TPSA) is 167 Å². The molecule has 0 fully saturated rings. The van der Waals surface area contributed by atoms with Crippen molar-refractivity contribution < 1.29 is 81.0 Å². The summed E-state index contributed by atoms with van der Waals surface area (Å²) < 4.78 is 92.2. The second-order valence-electron chi connectivity index (χ2n) is 10.9. The van der Waals surface area contributed by atoms with Crippen molar-refractivity contribution >= 4 is 43.7 Å². The molecule has 0 spiro atoms. The van der Waals surface area contributed by atoms with Gasteiger partial charge in [-0.1, -0.05) is 26.0 Å². The number of halogens is 3. The number of carbonyl (C=O) groups is 2. The van der Waals surface area contributed by atoms with Crippen molar-refractivity contribution in [1.29, 1.82) is 0 Å². The molecule has 0 aliphatic heterocycles. The van der Waals surface area contributed by atoms with Crippen molar-refractivity contribution in [3.05, 3.63) is 71.5 Å². The monoisotopic (exact) mass is 734 g/mol. The van der Waals surface area contributed by atoms with Crippen LogP contribution in [0.2, 0.25) is 0 Å². The number of fused-ring (bicyclic) bond motifs is 1. The molecule has 0 bridgehead atoms. The molecule has 0 aliphatic rings. The first kappa shape index (κ1) is 39.9. The summed E-state index contributed by atoms with van der Waals surface area (Å²) >= 11 is 0. The molecule has 0 saturated heterocycles. The van der Waals surface area contributed by atoms with Crippen LogP contribution < -0.4 is 44.3 Å². The van der Waals surface area contributed by atoms with Crippen LogP contribution in [0.3, 0.4) is 0 Å². The summed E-state index contributed by atoms with van der Waals surface area (Å²) in [5, 5.41) is 11.0. The number of carboxylic acids is 1. The third-order valence-corrected chi connectivity index (χ3v) is 10.1. The van der Waals surface area contributed by atoms with Crippen LogP contribution in [-0.2, 0) is 36.2 Å². The number of ether oxygens (including phenoxy) is 2. The number of nitrogens with zero attached hydrogens (tertiary/aromatic N) is 3. The fraction of sp³-hybridized carbons (Fsp3) is 0.355. The first-order valence-corrected chi connectivity index (χ1v) is 17.3. The maximum atomic E-state index is 14.4. The molecule has 0 radical (unpaired) electrons. The van der Waals surface area contributed by atoms with E-state index in [-0.39, 0.29) is 112 Å². The molecule has 0 aliphatic carbocycles. The molecule has 4 rings (SSSR count). The van der Waals surface area contributed by atoms with Crippen molar-refractivity contribution in [2.24, 2.45) is 0 Å². The number of amides is 1. The predicted octanol–water partition coefficient (Wildman–Crippen LogP) is 1.83. The van der Waals surface area contributed by atoms with Gasteiger partial charge in [-0.2, -0.15) is 13.2 Å². The van der Waals surface area contributed by atoms with Gasteiger partial charge in [-0.05, 0) is 61.2 Å².